The van der Waals surface area contributed by atoms with Crippen molar-refractivity contribution in [1.29, 1.82) is 0 Å². The fourth-order valence-corrected chi connectivity index (χ4v) is 3.64. The fraction of sp³-hybridized carbons (Fsp3) is 0.208. The molecule has 1 fully saturated rings. The van der Waals surface area contributed by atoms with Gasteiger partial charge < -0.3 is 10.1 Å². The Labute approximate surface area is 189 Å². The summed E-state index contributed by atoms with van der Waals surface area (Å²) in [5.74, 6) is -0.200. The number of hydrogen-bond acceptors (Lipinski definition) is 4. The number of carbonyl (C=O) groups excluding carboxylic acids is 2. The molecule has 33 heavy (non-hydrogen) atoms. The highest BCUT2D eigenvalue weighted by Gasteiger charge is 2.33. The first-order chi connectivity index (χ1) is 15.9. The number of H-pyrrole nitrogens is 1. The second kappa shape index (κ2) is 9.15. The van der Waals surface area contributed by atoms with Crippen LogP contribution in [0.5, 0.6) is 5.75 Å². The van der Waals surface area contributed by atoms with E-state index in [9.17, 15) is 18.8 Å². The molecule has 2 aromatic carbocycles. The highest BCUT2D eigenvalue weighted by molar-refractivity contribution is 6.14. The Morgan fingerprint density at radius 1 is 1.03 bits per heavy atom. The van der Waals surface area contributed by atoms with Gasteiger partial charge in [0.05, 0.1) is 18.4 Å². The van der Waals surface area contributed by atoms with Crippen LogP contribution in [-0.4, -0.2) is 40.3 Å². The van der Waals surface area contributed by atoms with Gasteiger partial charge in [0.2, 0.25) is 0 Å². The summed E-state index contributed by atoms with van der Waals surface area (Å²) in [6.07, 6.45) is 2.31. The second-order valence-corrected chi connectivity index (χ2v) is 7.59. The lowest BCUT2D eigenvalue weighted by Gasteiger charge is -2.08. The monoisotopic (exact) mass is 450 g/mol. The van der Waals surface area contributed by atoms with E-state index in [0.717, 1.165) is 10.5 Å². The van der Waals surface area contributed by atoms with Crippen molar-refractivity contribution >= 4 is 18.0 Å². The summed E-state index contributed by atoms with van der Waals surface area (Å²) < 4.78 is 19.9. The maximum Gasteiger partial charge on any atom is 0.329 e. The van der Waals surface area contributed by atoms with Crippen LogP contribution in [0.3, 0.4) is 0 Å². The minimum atomic E-state index is -0.515. The van der Waals surface area contributed by atoms with Gasteiger partial charge in [-0.05, 0) is 54.5 Å². The van der Waals surface area contributed by atoms with Gasteiger partial charge in [0, 0.05) is 18.7 Å². The van der Waals surface area contributed by atoms with Crippen LogP contribution in [0.4, 0.5) is 9.18 Å². The summed E-state index contributed by atoms with van der Waals surface area (Å²) in [6.45, 7) is 2.15. The molecule has 0 atom stereocenters. The SMILES string of the molecule is CCCN1C(=O)N/C(=C\c2c(Cc3ccc(F)cc3)[nH]n(-c3ccc(OC)cc3)c2=O)C1=O. The quantitative estimate of drug-likeness (QED) is 0.427. The van der Waals surface area contributed by atoms with E-state index >= 15 is 0 Å². The Morgan fingerprint density at radius 2 is 1.73 bits per heavy atom. The van der Waals surface area contributed by atoms with Gasteiger partial charge in [-0.2, -0.15) is 0 Å². The first-order valence-electron chi connectivity index (χ1n) is 10.5. The van der Waals surface area contributed by atoms with Gasteiger partial charge in [0.15, 0.2) is 0 Å². The third kappa shape index (κ3) is 4.43. The highest BCUT2D eigenvalue weighted by Crippen LogP contribution is 2.19. The number of nitrogens with one attached hydrogen (secondary N) is 2. The van der Waals surface area contributed by atoms with Crippen LogP contribution >= 0.6 is 0 Å². The second-order valence-electron chi connectivity index (χ2n) is 7.59. The molecule has 0 bridgehead atoms. The standard InChI is InChI=1S/C24H23FN4O4/c1-3-12-28-23(31)21(26-24(28)32)14-19-20(13-15-4-6-16(25)7-5-15)27-29(22(19)30)17-8-10-18(33-2)11-9-17/h4-11,14,27H,3,12-13H2,1-2H3,(H,26,32)/b21-14-. The number of aromatic amines is 1. The van der Waals surface area contributed by atoms with Gasteiger partial charge in [-0.25, -0.2) is 13.9 Å². The average molecular weight is 450 g/mol. The van der Waals surface area contributed by atoms with E-state index in [-0.39, 0.29) is 29.2 Å². The number of urea groups is 1. The van der Waals surface area contributed by atoms with Gasteiger partial charge in [-0.3, -0.25) is 19.6 Å². The maximum absolute atomic E-state index is 13.3. The van der Waals surface area contributed by atoms with Crippen LogP contribution in [0.25, 0.3) is 11.8 Å². The molecule has 170 valence electrons. The molecule has 0 aliphatic carbocycles. The lowest BCUT2D eigenvalue weighted by molar-refractivity contribution is -0.122. The molecule has 2 heterocycles. The minimum absolute atomic E-state index is 0.0341. The Morgan fingerprint density at radius 3 is 2.36 bits per heavy atom. The number of rotatable bonds is 7. The van der Waals surface area contributed by atoms with Crippen molar-refractivity contribution < 1.29 is 18.7 Å². The smallest absolute Gasteiger partial charge is 0.329 e. The molecule has 1 aliphatic rings. The lowest BCUT2D eigenvalue weighted by atomic mass is 10.1. The molecular weight excluding hydrogens is 427 g/mol. The number of hydrogen-bond donors (Lipinski definition) is 2. The van der Waals surface area contributed by atoms with E-state index in [0.29, 0.717) is 30.0 Å². The first kappa shape index (κ1) is 22.1. The van der Waals surface area contributed by atoms with Crippen molar-refractivity contribution in [2.75, 3.05) is 13.7 Å². The zero-order chi connectivity index (χ0) is 23.5. The van der Waals surface area contributed by atoms with E-state index in [1.165, 1.54) is 22.9 Å². The van der Waals surface area contributed by atoms with Crippen molar-refractivity contribution in [3.8, 4) is 11.4 Å². The Bertz CT molecular complexity index is 1270. The van der Waals surface area contributed by atoms with E-state index < -0.39 is 11.9 Å². The molecule has 9 heteroatoms. The van der Waals surface area contributed by atoms with E-state index in [4.69, 9.17) is 4.74 Å². The summed E-state index contributed by atoms with van der Waals surface area (Å²) in [4.78, 5) is 39.3. The van der Waals surface area contributed by atoms with E-state index in [2.05, 4.69) is 10.4 Å². The Hall–Kier alpha value is -4.14. The van der Waals surface area contributed by atoms with Crippen LogP contribution < -0.4 is 15.6 Å². The molecule has 4 rings (SSSR count). The van der Waals surface area contributed by atoms with Gasteiger partial charge in [0.1, 0.15) is 17.3 Å². The molecule has 0 spiro atoms. The van der Waals surface area contributed by atoms with Crippen molar-refractivity contribution in [2.45, 2.75) is 19.8 Å². The number of aromatic nitrogens is 2. The summed E-state index contributed by atoms with van der Waals surface area (Å²) in [5, 5.41) is 5.64. The lowest BCUT2D eigenvalue weighted by Crippen LogP contribution is -2.31. The molecule has 1 aromatic heterocycles. The maximum atomic E-state index is 13.3. The van der Waals surface area contributed by atoms with Gasteiger partial charge in [-0.1, -0.05) is 19.1 Å². The number of amides is 3. The topological polar surface area (TPSA) is 96.4 Å². The van der Waals surface area contributed by atoms with E-state index in [1.807, 2.05) is 6.92 Å². The van der Waals surface area contributed by atoms with Crippen molar-refractivity contribution in [1.82, 2.24) is 20.0 Å². The molecule has 0 radical (unpaired) electrons. The number of benzene rings is 2. The molecule has 3 amide bonds. The summed E-state index contributed by atoms with van der Waals surface area (Å²) in [6, 6.07) is 12.3. The number of halogens is 1. The summed E-state index contributed by atoms with van der Waals surface area (Å²) in [7, 11) is 1.55. The number of methoxy groups -OCH3 is 1. The predicted octanol–water partition coefficient (Wildman–Crippen LogP) is 3.21. The van der Waals surface area contributed by atoms with Gasteiger partial charge >= 0.3 is 6.03 Å². The molecule has 0 saturated carbocycles. The zero-order valence-electron chi connectivity index (χ0n) is 18.2. The number of ether oxygens (including phenoxy) is 1. The van der Waals surface area contributed by atoms with Crippen molar-refractivity contribution in [2.24, 2.45) is 0 Å². The van der Waals surface area contributed by atoms with Gasteiger partial charge in [-0.15, -0.1) is 0 Å². The third-order valence-corrected chi connectivity index (χ3v) is 5.33. The Kier molecular flexibility index (Phi) is 6.12. The summed E-state index contributed by atoms with van der Waals surface area (Å²) >= 11 is 0. The molecule has 1 aliphatic heterocycles. The predicted molar refractivity (Wildman–Crippen MR) is 121 cm³/mol. The first-order valence-corrected chi connectivity index (χ1v) is 10.5. The normalized spacial score (nSPS) is 14.8. The van der Waals surface area contributed by atoms with Crippen LogP contribution in [0.15, 0.2) is 59.0 Å². The van der Waals surface area contributed by atoms with Crippen LogP contribution in [0.2, 0.25) is 0 Å². The molecule has 3 aromatic rings. The summed E-state index contributed by atoms with van der Waals surface area (Å²) in [5.41, 5.74) is 1.74. The minimum Gasteiger partial charge on any atom is -0.497 e. The number of nitrogens with zero attached hydrogens (tertiary/aromatic N) is 2. The highest BCUT2D eigenvalue weighted by atomic mass is 19.1. The van der Waals surface area contributed by atoms with Crippen molar-refractivity contribution in [3.05, 3.63) is 87.2 Å². The molecule has 8 nitrogen and oxygen atoms in total. The average Bonchev–Trinajstić information content (AvgIpc) is 3.26. The van der Waals surface area contributed by atoms with Crippen LogP contribution in [0, 0.1) is 5.82 Å². The Balaban J connectivity index is 1.79. The fourth-order valence-electron chi connectivity index (χ4n) is 3.64. The third-order valence-electron chi connectivity index (χ3n) is 5.33. The molecule has 0 unspecified atom stereocenters. The molecule has 2 N–H and O–H groups in total. The number of imide groups is 1. The van der Waals surface area contributed by atoms with Gasteiger partial charge in [0.25, 0.3) is 11.5 Å². The zero-order valence-corrected chi connectivity index (χ0v) is 18.2. The molecule has 1 saturated heterocycles. The van der Waals surface area contributed by atoms with Crippen LogP contribution in [-0.2, 0) is 11.2 Å². The molecular formula is C24H23FN4O4. The van der Waals surface area contributed by atoms with Crippen molar-refractivity contribution in [3.63, 3.8) is 0 Å². The number of carbonyl (C=O) groups is 2. The van der Waals surface area contributed by atoms with E-state index in [1.54, 1.807) is 43.5 Å². The van der Waals surface area contributed by atoms with Crippen LogP contribution in [0.1, 0.15) is 30.2 Å². The largest absolute Gasteiger partial charge is 0.497 e.